The van der Waals surface area contributed by atoms with E-state index in [4.69, 9.17) is 0 Å². The molecule has 2 nitrogen and oxygen atoms in total. The number of sulfone groups is 1. The molecule has 0 saturated heterocycles. The van der Waals surface area contributed by atoms with Crippen molar-refractivity contribution in [2.24, 2.45) is 5.41 Å². The van der Waals surface area contributed by atoms with Crippen molar-refractivity contribution in [2.75, 3.05) is 12.5 Å². The van der Waals surface area contributed by atoms with Crippen molar-refractivity contribution in [3.05, 3.63) is 0 Å². The predicted molar refractivity (Wildman–Crippen MR) is 46.7 cm³/mol. The Morgan fingerprint density at radius 2 is 0.875 bits per heavy atom. The van der Waals surface area contributed by atoms with E-state index in [1.54, 1.807) is 0 Å². The fourth-order valence-electron chi connectivity index (χ4n) is 0.161. The standard InChI is InChI=1S/C5H6F6.C2H6O2S/c1-3(2,4(6,7)8)5(9,10)11;1-5(2,3)4/h1-2H3;1-2H3. The maximum absolute atomic E-state index is 11.6. The smallest absolute Gasteiger partial charge is 0.229 e. The van der Waals surface area contributed by atoms with Gasteiger partial charge in [-0.3, -0.25) is 0 Å². The Labute approximate surface area is 89.6 Å². The van der Waals surface area contributed by atoms with E-state index < -0.39 is 27.6 Å². The van der Waals surface area contributed by atoms with Gasteiger partial charge in [0.15, 0.2) is 5.41 Å². The fraction of sp³-hybridized carbons (Fsp3) is 1.00. The third-order valence-electron chi connectivity index (χ3n) is 1.42. The molecule has 0 aromatic rings. The third-order valence-corrected chi connectivity index (χ3v) is 1.42. The van der Waals surface area contributed by atoms with Crippen molar-refractivity contribution < 1.29 is 34.8 Å². The van der Waals surface area contributed by atoms with Crippen molar-refractivity contribution in [1.29, 1.82) is 0 Å². The molecule has 0 amide bonds. The van der Waals surface area contributed by atoms with E-state index in [2.05, 4.69) is 0 Å². The Balaban J connectivity index is 0. The van der Waals surface area contributed by atoms with Gasteiger partial charge in [-0.2, -0.15) is 26.3 Å². The highest BCUT2D eigenvalue weighted by molar-refractivity contribution is 7.89. The van der Waals surface area contributed by atoms with E-state index in [1.165, 1.54) is 0 Å². The van der Waals surface area contributed by atoms with Crippen LogP contribution in [-0.2, 0) is 9.84 Å². The summed E-state index contributed by atoms with van der Waals surface area (Å²) in [4.78, 5) is 0. The summed E-state index contributed by atoms with van der Waals surface area (Å²) in [5, 5.41) is 0. The second kappa shape index (κ2) is 4.80. The topological polar surface area (TPSA) is 34.1 Å². The molecule has 0 unspecified atom stereocenters. The van der Waals surface area contributed by atoms with Gasteiger partial charge >= 0.3 is 12.4 Å². The Hall–Kier alpha value is -0.470. The molecule has 0 aromatic heterocycles. The minimum atomic E-state index is -5.24. The fourth-order valence-corrected chi connectivity index (χ4v) is 0.161. The third kappa shape index (κ3) is 6.91. The molecule has 0 radical (unpaired) electrons. The summed E-state index contributed by atoms with van der Waals surface area (Å²) >= 11 is 0. The molecule has 0 aliphatic rings. The van der Waals surface area contributed by atoms with Gasteiger partial charge in [0, 0.05) is 12.5 Å². The summed E-state index contributed by atoms with van der Waals surface area (Å²) in [6.45, 7) is 0.208. The second-order valence-electron chi connectivity index (χ2n) is 3.76. The van der Waals surface area contributed by atoms with Gasteiger partial charge in [0.05, 0.1) is 0 Å². The molecule has 0 aliphatic heterocycles. The number of halogens is 6. The Bertz CT molecular complexity index is 287. The number of alkyl halides is 6. The highest BCUT2D eigenvalue weighted by atomic mass is 32.2. The highest BCUT2D eigenvalue weighted by Gasteiger charge is 2.64. The van der Waals surface area contributed by atoms with Crippen LogP contribution >= 0.6 is 0 Å². The maximum atomic E-state index is 11.6. The number of rotatable bonds is 0. The summed E-state index contributed by atoms with van der Waals surface area (Å²) in [7, 11) is -2.67. The largest absolute Gasteiger partial charge is 0.402 e. The van der Waals surface area contributed by atoms with Gasteiger partial charge in [0.2, 0.25) is 0 Å². The summed E-state index contributed by atoms with van der Waals surface area (Å²) < 4.78 is 88.9. The lowest BCUT2D eigenvalue weighted by atomic mass is 9.92. The van der Waals surface area contributed by atoms with E-state index in [-0.39, 0.29) is 13.8 Å². The lowest BCUT2D eigenvalue weighted by Gasteiger charge is -2.29. The Morgan fingerprint density at radius 3 is 0.875 bits per heavy atom. The molecule has 0 saturated carbocycles. The van der Waals surface area contributed by atoms with Crippen molar-refractivity contribution in [1.82, 2.24) is 0 Å². The normalized spacial score (nSPS) is 14.1. The number of hydrogen-bond donors (Lipinski definition) is 0. The molecule has 0 aromatic carbocycles. The first-order valence-electron chi connectivity index (χ1n) is 3.78. The molecule has 0 bridgehead atoms. The first-order valence-corrected chi connectivity index (χ1v) is 6.08. The zero-order valence-electron chi connectivity index (χ0n) is 8.99. The lowest BCUT2D eigenvalue weighted by Crippen LogP contribution is -2.44. The summed E-state index contributed by atoms with van der Waals surface area (Å²) in [5.74, 6) is 0. The van der Waals surface area contributed by atoms with Crippen LogP contribution in [0.15, 0.2) is 0 Å². The van der Waals surface area contributed by atoms with Crippen LogP contribution in [0.4, 0.5) is 26.3 Å². The molecule has 16 heavy (non-hydrogen) atoms. The van der Waals surface area contributed by atoms with Gasteiger partial charge in [-0.15, -0.1) is 0 Å². The van der Waals surface area contributed by atoms with Crippen molar-refractivity contribution >= 4 is 9.84 Å². The quantitative estimate of drug-likeness (QED) is 0.636. The van der Waals surface area contributed by atoms with Crippen molar-refractivity contribution in [2.45, 2.75) is 26.2 Å². The second-order valence-corrected chi connectivity index (χ2v) is 6.05. The van der Waals surface area contributed by atoms with Crippen LogP contribution < -0.4 is 0 Å². The van der Waals surface area contributed by atoms with E-state index in [1.807, 2.05) is 0 Å². The van der Waals surface area contributed by atoms with E-state index >= 15 is 0 Å². The molecule has 0 aliphatic carbocycles. The summed E-state index contributed by atoms with van der Waals surface area (Å²) in [6.07, 6.45) is -8.17. The van der Waals surface area contributed by atoms with Crippen LogP contribution in [0.25, 0.3) is 0 Å². The average Bonchev–Trinajstić information content (AvgIpc) is 1.76. The minimum absolute atomic E-state index is 0.104. The van der Waals surface area contributed by atoms with Gasteiger partial charge in [0.25, 0.3) is 0 Å². The maximum Gasteiger partial charge on any atom is 0.402 e. The first-order chi connectivity index (χ1) is 6.50. The van der Waals surface area contributed by atoms with Gasteiger partial charge in [-0.25, -0.2) is 8.42 Å². The molecule has 0 N–H and O–H groups in total. The van der Waals surface area contributed by atoms with Gasteiger partial charge in [-0.1, -0.05) is 0 Å². The SMILES string of the molecule is CC(C)(C(F)(F)F)C(F)(F)F.CS(C)(=O)=O. The first kappa shape index (κ1) is 17.9. The Morgan fingerprint density at radius 1 is 0.750 bits per heavy atom. The monoisotopic (exact) mass is 274 g/mol. The average molecular weight is 274 g/mol. The molecule has 0 heterocycles. The van der Waals surface area contributed by atoms with E-state index in [9.17, 15) is 34.8 Å². The van der Waals surface area contributed by atoms with Gasteiger partial charge in [-0.05, 0) is 13.8 Å². The van der Waals surface area contributed by atoms with Crippen molar-refractivity contribution in [3.8, 4) is 0 Å². The molecule has 0 fully saturated rings. The zero-order valence-corrected chi connectivity index (χ0v) is 9.81. The number of hydrogen-bond acceptors (Lipinski definition) is 2. The van der Waals surface area contributed by atoms with Crippen LogP contribution in [0.2, 0.25) is 0 Å². The molecule has 100 valence electrons. The predicted octanol–water partition coefficient (Wildman–Crippen LogP) is 2.80. The molecular formula is C7H12F6O2S. The molecule has 0 atom stereocenters. The van der Waals surface area contributed by atoms with Gasteiger partial charge < -0.3 is 0 Å². The minimum Gasteiger partial charge on any atom is -0.229 e. The van der Waals surface area contributed by atoms with Crippen LogP contribution in [0.5, 0.6) is 0 Å². The zero-order chi connectivity index (χ0) is 14.0. The highest BCUT2D eigenvalue weighted by Crippen LogP contribution is 2.49. The van der Waals surface area contributed by atoms with Crippen LogP contribution in [0, 0.1) is 5.41 Å². The van der Waals surface area contributed by atoms with Crippen molar-refractivity contribution in [3.63, 3.8) is 0 Å². The lowest BCUT2D eigenvalue weighted by molar-refractivity contribution is -0.327. The molecule has 0 spiro atoms. The molecule has 9 heteroatoms. The van der Waals surface area contributed by atoms with Crippen LogP contribution in [0.3, 0.4) is 0 Å². The molecular weight excluding hydrogens is 262 g/mol. The molecule has 0 rings (SSSR count). The van der Waals surface area contributed by atoms with E-state index in [0.717, 1.165) is 12.5 Å². The van der Waals surface area contributed by atoms with E-state index in [0.29, 0.717) is 0 Å². The summed E-state index contributed by atoms with van der Waals surface area (Å²) in [6, 6.07) is 0. The van der Waals surface area contributed by atoms with Crippen LogP contribution in [-0.4, -0.2) is 33.3 Å². The van der Waals surface area contributed by atoms with Crippen LogP contribution in [0.1, 0.15) is 13.8 Å². The Kier molecular flexibility index (Phi) is 5.38. The van der Waals surface area contributed by atoms with Gasteiger partial charge in [0.1, 0.15) is 9.84 Å². The summed E-state index contributed by atoms with van der Waals surface area (Å²) in [5.41, 5.74) is -3.62.